The van der Waals surface area contributed by atoms with E-state index in [2.05, 4.69) is 50.5 Å². The fraction of sp³-hybridized carbons (Fsp3) is 0.684. The summed E-state index contributed by atoms with van der Waals surface area (Å²) in [6.07, 6.45) is 9.74. The molecule has 1 saturated carbocycles. The lowest BCUT2D eigenvalue weighted by Crippen LogP contribution is -2.35. The van der Waals surface area contributed by atoms with Gasteiger partial charge in [0.1, 0.15) is 0 Å². The average molecular weight is 273 g/mol. The lowest BCUT2D eigenvalue weighted by Gasteiger charge is -2.26. The topological polar surface area (TPSA) is 12.0 Å². The lowest BCUT2D eigenvalue weighted by molar-refractivity contribution is 0.332. The van der Waals surface area contributed by atoms with Crippen LogP contribution in [0.2, 0.25) is 0 Å². The summed E-state index contributed by atoms with van der Waals surface area (Å²) in [4.78, 5) is 0. The van der Waals surface area contributed by atoms with Gasteiger partial charge in [0.2, 0.25) is 0 Å². The summed E-state index contributed by atoms with van der Waals surface area (Å²) in [5, 5.41) is 3.59. The Kier molecular flexibility index (Phi) is 6.09. The molecule has 1 aliphatic rings. The van der Waals surface area contributed by atoms with Gasteiger partial charge in [0, 0.05) is 6.04 Å². The molecule has 0 spiro atoms. The Balaban J connectivity index is 1.97. The summed E-state index contributed by atoms with van der Waals surface area (Å²) >= 11 is 0. The van der Waals surface area contributed by atoms with E-state index < -0.39 is 0 Å². The van der Waals surface area contributed by atoms with Crippen LogP contribution in [0.5, 0.6) is 0 Å². The second kappa shape index (κ2) is 7.83. The van der Waals surface area contributed by atoms with Crippen LogP contribution in [0, 0.1) is 5.92 Å². The molecule has 1 nitrogen and oxygen atoms in total. The molecule has 1 fully saturated rings. The standard InChI is InChI=1S/C19H31N/c1-15(2)17-12-10-16(11-13-17)14-19(20-3)18-8-6-4-5-7-9-18/h10-13,15,18-20H,4-9,14H2,1-3H3. The third kappa shape index (κ3) is 4.34. The minimum atomic E-state index is 0.631. The normalized spacial score (nSPS) is 19.0. The van der Waals surface area contributed by atoms with Crippen molar-refractivity contribution in [1.82, 2.24) is 5.32 Å². The Morgan fingerprint density at radius 2 is 1.60 bits per heavy atom. The number of likely N-dealkylation sites (N-methyl/N-ethyl adjacent to an activating group) is 1. The van der Waals surface area contributed by atoms with Gasteiger partial charge in [-0.05, 0) is 49.3 Å². The van der Waals surface area contributed by atoms with Gasteiger partial charge in [-0.1, -0.05) is 63.8 Å². The van der Waals surface area contributed by atoms with E-state index in [9.17, 15) is 0 Å². The molecule has 1 aliphatic carbocycles. The number of hydrogen-bond donors (Lipinski definition) is 1. The predicted molar refractivity (Wildman–Crippen MR) is 88.3 cm³/mol. The van der Waals surface area contributed by atoms with Gasteiger partial charge in [0.15, 0.2) is 0 Å². The van der Waals surface area contributed by atoms with Crippen molar-refractivity contribution < 1.29 is 0 Å². The van der Waals surface area contributed by atoms with Crippen LogP contribution in [-0.2, 0) is 6.42 Å². The van der Waals surface area contributed by atoms with Gasteiger partial charge >= 0.3 is 0 Å². The molecule has 1 unspecified atom stereocenters. The van der Waals surface area contributed by atoms with E-state index in [1.807, 2.05) is 0 Å². The van der Waals surface area contributed by atoms with Crippen molar-refractivity contribution in [2.24, 2.45) is 5.92 Å². The Labute approximate surface area is 125 Å². The Bertz CT molecular complexity index is 371. The van der Waals surface area contributed by atoms with Gasteiger partial charge in [0.25, 0.3) is 0 Å². The van der Waals surface area contributed by atoms with E-state index in [1.165, 1.54) is 56.1 Å². The smallest absolute Gasteiger partial charge is 0.0133 e. The van der Waals surface area contributed by atoms with E-state index in [4.69, 9.17) is 0 Å². The quantitative estimate of drug-likeness (QED) is 0.752. The average Bonchev–Trinajstić information content (AvgIpc) is 2.74. The molecule has 1 heteroatoms. The first-order valence-corrected chi connectivity index (χ1v) is 8.47. The second-order valence-corrected chi connectivity index (χ2v) is 6.75. The van der Waals surface area contributed by atoms with Crippen LogP contribution in [0.3, 0.4) is 0 Å². The molecule has 1 atom stereocenters. The van der Waals surface area contributed by atoms with E-state index in [1.54, 1.807) is 0 Å². The van der Waals surface area contributed by atoms with E-state index in [0.717, 1.165) is 5.92 Å². The van der Waals surface area contributed by atoms with Gasteiger partial charge in [0.05, 0.1) is 0 Å². The highest BCUT2D eigenvalue weighted by Gasteiger charge is 2.21. The third-order valence-corrected chi connectivity index (χ3v) is 4.94. The maximum atomic E-state index is 3.59. The molecule has 2 rings (SSSR count). The predicted octanol–water partition coefficient (Wildman–Crippen LogP) is 4.91. The second-order valence-electron chi connectivity index (χ2n) is 6.75. The zero-order chi connectivity index (χ0) is 14.4. The molecule has 0 radical (unpaired) electrons. The highest BCUT2D eigenvalue weighted by molar-refractivity contribution is 5.25. The molecule has 20 heavy (non-hydrogen) atoms. The summed E-state index contributed by atoms with van der Waals surface area (Å²) in [7, 11) is 2.14. The molecule has 1 N–H and O–H groups in total. The maximum Gasteiger partial charge on any atom is 0.0133 e. The van der Waals surface area contributed by atoms with Crippen LogP contribution < -0.4 is 5.32 Å². The van der Waals surface area contributed by atoms with Crippen molar-refractivity contribution >= 4 is 0 Å². The van der Waals surface area contributed by atoms with Crippen LogP contribution >= 0.6 is 0 Å². The molecule has 0 heterocycles. The zero-order valence-electron chi connectivity index (χ0n) is 13.5. The molecule has 1 aromatic carbocycles. The summed E-state index contributed by atoms with van der Waals surface area (Å²) in [5.41, 5.74) is 2.93. The van der Waals surface area contributed by atoms with Crippen LogP contribution in [-0.4, -0.2) is 13.1 Å². The fourth-order valence-corrected chi connectivity index (χ4v) is 3.51. The van der Waals surface area contributed by atoms with Gasteiger partial charge in [-0.25, -0.2) is 0 Å². The first-order valence-electron chi connectivity index (χ1n) is 8.47. The lowest BCUT2D eigenvalue weighted by atomic mass is 9.87. The largest absolute Gasteiger partial charge is 0.316 e. The molecule has 0 saturated heterocycles. The van der Waals surface area contributed by atoms with Crippen molar-refractivity contribution in [3.05, 3.63) is 35.4 Å². The first-order chi connectivity index (χ1) is 9.70. The van der Waals surface area contributed by atoms with Crippen molar-refractivity contribution in [2.75, 3.05) is 7.05 Å². The summed E-state index contributed by atoms with van der Waals surface area (Å²) in [6, 6.07) is 9.92. The molecule has 0 aromatic heterocycles. The summed E-state index contributed by atoms with van der Waals surface area (Å²) in [6.45, 7) is 4.52. The third-order valence-electron chi connectivity index (χ3n) is 4.94. The van der Waals surface area contributed by atoms with Gasteiger partial charge in [-0.15, -0.1) is 0 Å². The van der Waals surface area contributed by atoms with Gasteiger partial charge in [-0.2, -0.15) is 0 Å². The van der Waals surface area contributed by atoms with Crippen molar-refractivity contribution in [3.8, 4) is 0 Å². The molecule has 0 amide bonds. The van der Waals surface area contributed by atoms with Crippen LogP contribution in [0.15, 0.2) is 24.3 Å². The van der Waals surface area contributed by atoms with Crippen molar-refractivity contribution in [1.29, 1.82) is 0 Å². The summed E-state index contributed by atoms with van der Waals surface area (Å²) in [5.74, 6) is 1.50. The fourth-order valence-electron chi connectivity index (χ4n) is 3.51. The summed E-state index contributed by atoms with van der Waals surface area (Å²) < 4.78 is 0. The van der Waals surface area contributed by atoms with E-state index in [0.29, 0.717) is 12.0 Å². The minimum Gasteiger partial charge on any atom is -0.316 e. The number of nitrogens with one attached hydrogen (secondary N) is 1. The minimum absolute atomic E-state index is 0.631. The number of rotatable bonds is 5. The Morgan fingerprint density at radius 1 is 1.00 bits per heavy atom. The molecule has 112 valence electrons. The van der Waals surface area contributed by atoms with Crippen molar-refractivity contribution in [2.45, 2.75) is 70.8 Å². The number of benzene rings is 1. The van der Waals surface area contributed by atoms with E-state index >= 15 is 0 Å². The van der Waals surface area contributed by atoms with Gasteiger partial charge in [-0.3, -0.25) is 0 Å². The monoisotopic (exact) mass is 273 g/mol. The molecular weight excluding hydrogens is 242 g/mol. The number of hydrogen-bond acceptors (Lipinski definition) is 1. The molecule has 1 aromatic rings. The van der Waals surface area contributed by atoms with Crippen LogP contribution in [0.4, 0.5) is 0 Å². The van der Waals surface area contributed by atoms with Crippen molar-refractivity contribution in [3.63, 3.8) is 0 Å². The molecule has 0 bridgehead atoms. The van der Waals surface area contributed by atoms with Crippen LogP contribution in [0.25, 0.3) is 0 Å². The highest BCUT2D eigenvalue weighted by atomic mass is 14.9. The Hall–Kier alpha value is -0.820. The molecule has 0 aliphatic heterocycles. The highest BCUT2D eigenvalue weighted by Crippen LogP contribution is 2.27. The van der Waals surface area contributed by atoms with E-state index in [-0.39, 0.29) is 0 Å². The SMILES string of the molecule is CNC(Cc1ccc(C(C)C)cc1)C1CCCCCC1. The van der Waals surface area contributed by atoms with Gasteiger partial charge < -0.3 is 5.32 Å². The molecular formula is C19H31N. The first kappa shape index (κ1) is 15.6. The maximum absolute atomic E-state index is 3.59. The zero-order valence-corrected chi connectivity index (χ0v) is 13.5. The van der Waals surface area contributed by atoms with Crippen LogP contribution in [0.1, 0.15) is 69.4 Å². The Morgan fingerprint density at radius 3 is 2.10 bits per heavy atom.